The van der Waals surface area contributed by atoms with E-state index in [0.29, 0.717) is 18.0 Å². The number of benzene rings is 2. The summed E-state index contributed by atoms with van der Waals surface area (Å²) in [6, 6.07) is 11.2. The number of thioether (sulfide) groups is 2. The quantitative estimate of drug-likeness (QED) is 0.206. The molecular weight excluding hydrogens is 523 g/mol. The molecule has 0 aliphatic carbocycles. The Morgan fingerprint density at radius 2 is 1.69 bits per heavy atom. The van der Waals surface area contributed by atoms with Gasteiger partial charge < -0.3 is 21.1 Å². The molecule has 3 heterocycles. The van der Waals surface area contributed by atoms with Crippen LogP contribution in [-0.2, 0) is 14.3 Å². The zero-order valence-corrected chi connectivity index (χ0v) is 21.9. The van der Waals surface area contributed by atoms with E-state index in [1.807, 2.05) is 36.4 Å². The van der Waals surface area contributed by atoms with Crippen LogP contribution >= 0.6 is 46.2 Å². The van der Waals surface area contributed by atoms with Crippen molar-refractivity contribution in [3.05, 3.63) is 36.4 Å². The van der Waals surface area contributed by atoms with Crippen LogP contribution in [0.25, 0.3) is 20.4 Å². The van der Waals surface area contributed by atoms with E-state index in [9.17, 15) is 9.59 Å². The van der Waals surface area contributed by atoms with Crippen LogP contribution in [0, 0.1) is 0 Å². The summed E-state index contributed by atoms with van der Waals surface area (Å²) in [5.41, 5.74) is 8.98. The number of carbonyl (C=O) groups excluding carboxylic acids is 2. The van der Waals surface area contributed by atoms with Gasteiger partial charge in [-0.05, 0) is 49.2 Å². The van der Waals surface area contributed by atoms with E-state index in [1.54, 1.807) is 0 Å². The number of anilines is 2. The van der Waals surface area contributed by atoms with Gasteiger partial charge in [0.15, 0.2) is 8.68 Å². The Morgan fingerprint density at radius 1 is 1.00 bits per heavy atom. The summed E-state index contributed by atoms with van der Waals surface area (Å²) in [7, 11) is 0. The van der Waals surface area contributed by atoms with Crippen LogP contribution < -0.4 is 16.4 Å². The highest BCUT2D eigenvalue weighted by Crippen LogP contribution is 2.32. The summed E-state index contributed by atoms with van der Waals surface area (Å²) in [4.78, 5) is 33.7. The second-order valence-corrected chi connectivity index (χ2v) is 12.4. The Balaban J connectivity index is 1.12. The number of nitrogens with two attached hydrogens (primary N) is 1. The minimum atomic E-state index is -0.102. The van der Waals surface area contributed by atoms with Gasteiger partial charge in [0.05, 0.1) is 38.0 Å². The Labute approximate surface area is 218 Å². The monoisotopic (exact) mass is 545 g/mol. The number of nitrogens with one attached hydrogen (secondary N) is 2. The third-order valence-corrected chi connectivity index (χ3v) is 9.57. The summed E-state index contributed by atoms with van der Waals surface area (Å²) in [5.74, 6) is 0.450. The lowest BCUT2D eigenvalue weighted by molar-refractivity contribution is -0.119. The molecule has 2 aromatic carbocycles. The molecule has 2 amide bonds. The molecule has 4 N–H and O–H groups in total. The average Bonchev–Trinajstić information content (AvgIpc) is 3.59. The predicted octanol–water partition coefficient (Wildman–Crippen LogP) is 4.61. The standard InChI is InChI=1S/C23H23N5O3S4/c24-13-3-5-16-18(8-13)34-23(27-16)33-12-21(30)26-14-4-6-17-19(9-14)35-22(28-17)32-11-20(29)25-10-15-2-1-7-31-15/h3-6,8-9,15H,1-2,7,10-12,24H2,(H,25,29)(H,26,30). The number of rotatable bonds is 9. The zero-order valence-electron chi connectivity index (χ0n) is 18.6. The number of ether oxygens (including phenoxy) is 1. The molecule has 2 aromatic heterocycles. The molecule has 1 aliphatic heterocycles. The highest BCUT2D eigenvalue weighted by molar-refractivity contribution is 8.02. The van der Waals surface area contributed by atoms with E-state index in [2.05, 4.69) is 20.6 Å². The number of aromatic nitrogens is 2. The van der Waals surface area contributed by atoms with Crippen molar-refractivity contribution in [3.63, 3.8) is 0 Å². The molecule has 182 valence electrons. The average molecular weight is 546 g/mol. The molecule has 8 nitrogen and oxygen atoms in total. The lowest BCUT2D eigenvalue weighted by Crippen LogP contribution is -2.32. The first-order chi connectivity index (χ1) is 17.0. The van der Waals surface area contributed by atoms with E-state index >= 15 is 0 Å². The van der Waals surface area contributed by atoms with Crippen molar-refractivity contribution >= 4 is 89.8 Å². The van der Waals surface area contributed by atoms with Crippen LogP contribution in [0.15, 0.2) is 45.1 Å². The van der Waals surface area contributed by atoms with Gasteiger partial charge in [0.25, 0.3) is 0 Å². The van der Waals surface area contributed by atoms with E-state index in [4.69, 9.17) is 10.5 Å². The van der Waals surface area contributed by atoms with Crippen molar-refractivity contribution in [2.45, 2.75) is 27.6 Å². The van der Waals surface area contributed by atoms with Crippen molar-refractivity contribution in [3.8, 4) is 0 Å². The van der Waals surface area contributed by atoms with Gasteiger partial charge in [0.1, 0.15) is 0 Å². The van der Waals surface area contributed by atoms with Gasteiger partial charge in [0, 0.05) is 24.5 Å². The lowest BCUT2D eigenvalue weighted by Gasteiger charge is -2.09. The fraction of sp³-hybridized carbons (Fsp3) is 0.304. The van der Waals surface area contributed by atoms with Crippen molar-refractivity contribution in [2.24, 2.45) is 0 Å². The van der Waals surface area contributed by atoms with Gasteiger partial charge in [-0.1, -0.05) is 23.5 Å². The number of nitrogen functional groups attached to an aromatic ring is 1. The van der Waals surface area contributed by atoms with Gasteiger partial charge in [0.2, 0.25) is 11.8 Å². The smallest absolute Gasteiger partial charge is 0.234 e. The number of nitrogens with zero attached hydrogens (tertiary/aromatic N) is 2. The van der Waals surface area contributed by atoms with E-state index in [-0.39, 0.29) is 23.7 Å². The molecule has 12 heteroatoms. The summed E-state index contributed by atoms with van der Waals surface area (Å²) >= 11 is 5.86. The number of hydrogen-bond donors (Lipinski definition) is 3. The highest BCUT2D eigenvalue weighted by atomic mass is 32.2. The maximum absolute atomic E-state index is 12.5. The van der Waals surface area contributed by atoms with Crippen molar-refractivity contribution in [2.75, 3.05) is 35.7 Å². The van der Waals surface area contributed by atoms with Gasteiger partial charge >= 0.3 is 0 Å². The Bertz CT molecular complexity index is 1370. The third kappa shape index (κ3) is 6.44. The number of hydrogen-bond acceptors (Lipinski definition) is 10. The van der Waals surface area contributed by atoms with Crippen LogP contribution in [0.5, 0.6) is 0 Å². The van der Waals surface area contributed by atoms with Crippen LogP contribution in [0.4, 0.5) is 11.4 Å². The summed E-state index contributed by atoms with van der Waals surface area (Å²) < 4.78 is 9.16. The molecule has 1 atom stereocenters. The Hall–Kier alpha value is -2.38. The third-order valence-electron chi connectivity index (χ3n) is 5.25. The number of fused-ring (bicyclic) bond motifs is 2. The predicted molar refractivity (Wildman–Crippen MR) is 146 cm³/mol. The molecule has 1 fully saturated rings. The number of amides is 2. The maximum atomic E-state index is 12.5. The minimum absolute atomic E-state index is 0.0215. The molecule has 0 radical (unpaired) electrons. The van der Waals surface area contributed by atoms with Gasteiger partial charge in [-0.25, -0.2) is 9.97 Å². The topological polar surface area (TPSA) is 119 Å². The Morgan fingerprint density at radius 3 is 2.40 bits per heavy atom. The van der Waals surface area contributed by atoms with E-state index < -0.39 is 0 Å². The molecule has 1 saturated heterocycles. The normalized spacial score (nSPS) is 15.6. The molecule has 1 unspecified atom stereocenters. The molecule has 0 saturated carbocycles. The SMILES string of the molecule is Nc1ccc2nc(SCC(=O)Nc3ccc4nc(SCC(=O)NCC5CCCO5)sc4c3)sc2c1. The molecule has 0 bridgehead atoms. The van der Waals surface area contributed by atoms with Crippen molar-refractivity contribution < 1.29 is 14.3 Å². The van der Waals surface area contributed by atoms with Crippen molar-refractivity contribution in [1.82, 2.24) is 15.3 Å². The van der Waals surface area contributed by atoms with Crippen LogP contribution in [0.1, 0.15) is 12.8 Å². The number of carbonyl (C=O) groups is 2. The largest absolute Gasteiger partial charge is 0.399 e. The van der Waals surface area contributed by atoms with Crippen LogP contribution in [0.2, 0.25) is 0 Å². The van der Waals surface area contributed by atoms with Crippen molar-refractivity contribution in [1.29, 1.82) is 0 Å². The summed E-state index contributed by atoms with van der Waals surface area (Å²) in [5, 5.41) is 5.87. The van der Waals surface area contributed by atoms with Gasteiger partial charge in [-0.3, -0.25) is 9.59 Å². The lowest BCUT2D eigenvalue weighted by atomic mass is 10.2. The van der Waals surface area contributed by atoms with E-state index in [1.165, 1.54) is 46.2 Å². The van der Waals surface area contributed by atoms with Gasteiger partial charge in [-0.15, -0.1) is 22.7 Å². The molecule has 35 heavy (non-hydrogen) atoms. The molecular formula is C23H23N5O3S4. The fourth-order valence-corrected chi connectivity index (χ4v) is 7.41. The second kappa shape index (κ2) is 11.1. The first kappa shape index (κ1) is 24.3. The zero-order chi connectivity index (χ0) is 24.2. The fourth-order valence-electron chi connectivity index (χ4n) is 3.56. The molecule has 0 spiro atoms. The van der Waals surface area contributed by atoms with Crippen LogP contribution in [0.3, 0.4) is 0 Å². The summed E-state index contributed by atoms with van der Waals surface area (Å²) in [6.45, 7) is 1.34. The second-order valence-electron chi connectivity index (χ2n) is 7.93. The number of thiazole rings is 2. The molecule has 5 rings (SSSR count). The highest BCUT2D eigenvalue weighted by Gasteiger charge is 2.16. The summed E-state index contributed by atoms with van der Waals surface area (Å²) in [6.07, 6.45) is 2.20. The molecule has 1 aliphatic rings. The Kier molecular flexibility index (Phi) is 7.73. The maximum Gasteiger partial charge on any atom is 0.234 e. The van der Waals surface area contributed by atoms with Gasteiger partial charge in [-0.2, -0.15) is 0 Å². The first-order valence-corrected chi connectivity index (χ1v) is 14.6. The van der Waals surface area contributed by atoms with E-state index in [0.717, 1.165) is 54.2 Å². The minimum Gasteiger partial charge on any atom is -0.399 e. The van der Waals surface area contributed by atoms with Crippen LogP contribution in [-0.4, -0.2) is 52.5 Å². The first-order valence-electron chi connectivity index (χ1n) is 11.0. The molecule has 4 aromatic rings.